The minimum Gasteiger partial charge on any atom is -0.472 e. The summed E-state index contributed by atoms with van der Waals surface area (Å²) in [5.41, 5.74) is 1.48. The van der Waals surface area contributed by atoms with E-state index in [0.717, 1.165) is 9.54 Å². The fourth-order valence-electron chi connectivity index (χ4n) is 3.70. The van der Waals surface area contributed by atoms with Crippen molar-refractivity contribution in [1.82, 2.24) is 8.87 Å². The number of halogens is 1. The average molecular weight is 511 g/mol. The van der Waals surface area contributed by atoms with Gasteiger partial charge in [0.2, 0.25) is 0 Å². The SMILES string of the molecule is CN(Cc1cc(-c2ccccc2F)n(S(=O)(=O)c2cccc(-c3ccoc3)c2)c1)C(=O)OC(C)(C)C. The first-order valence-corrected chi connectivity index (χ1v) is 12.7. The third kappa shape index (κ3) is 5.36. The van der Waals surface area contributed by atoms with Crippen LogP contribution < -0.4 is 0 Å². The topological polar surface area (TPSA) is 81.8 Å². The lowest BCUT2D eigenvalue weighted by Crippen LogP contribution is -2.33. The van der Waals surface area contributed by atoms with Crippen molar-refractivity contribution in [3.63, 3.8) is 0 Å². The quantitative estimate of drug-likeness (QED) is 0.310. The second-order valence-electron chi connectivity index (χ2n) is 9.39. The van der Waals surface area contributed by atoms with E-state index in [2.05, 4.69) is 0 Å². The third-order valence-electron chi connectivity index (χ3n) is 5.36. The molecule has 36 heavy (non-hydrogen) atoms. The normalized spacial score (nSPS) is 11.9. The summed E-state index contributed by atoms with van der Waals surface area (Å²) >= 11 is 0. The van der Waals surface area contributed by atoms with Gasteiger partial charge in [-0.1, -0.05) is 24.3 Å². The molecule has 0 aliphatic rings. The summed E-state index contributed by atoms with van der Waals surface area (Å²) < 4.78 is 53.9. The molecule has 0 saturated heterocycles. The number of ether oxygens (including phenoxy) is 1. The first-order valence-electron chi connectivity index (χ1n) is 11.2. The van der Waals surface area contributed by atoms with Crippen molar-refractivity contribution >= 4 is 16.1 Å². The Morgan fingerprint density at radius 2 is 1.81 bits per heavy atom. The first kappa shape index (κ1) is 25.2. The second-order valence-corrected chi connectivity index (χ2v) is 11.2. The Hall–Kier alpha value is -3.85. The van der Waals surface area contributed by atoms with E-state index in [0.29, 0.717) is 11.1 Å². The summed E-state index contributed by atoms with van der Waals surface area (Å²) in [5.74, 6) is -0.564. The van der Waals surface area contributed by atoms with Crippen molar-refractivity contribution in [2.75, 3.05) is 7.05 Å². The Bertz CT molecular complexity index is 1480. The number of hydrogen-bond donors (Lipinski definition) is 0. The van der Waals surface area contributed by atoms with Gasteiger partial charge in [-0.25, -0.2) is 21.6 Å². The van der Waals surface area contributed by atoms with Gasteiger partial charge in [-0.2, -0.15) is 0 Å². The second kappa shape index (κ2) is 9.66. The first-order chi connectivity index (χ1) is 17.0. The van der Waals surface area contributed by atoms with Crippen molar-refractivity contribution in [1.29, 1.82) is 0 Å². The monoisotopic (exact) mass is 510 g/mol. The number of furan rings is 1. The molecular weight excluding hydrogens is 483 g/mol. The molecule has 188 valence electrons. The maximum absolute atomic E-state index is 14.8. The Morgan fingerprint density at radius 1 is 1.06 bits per heavy atom. The predicted molar refractivity (Wildman–Crippen MR) is 134 cm³/mol. The number of nitrogens with zero attached hydrogens (tertiary/aromatic N) is 2. The zero-order chi connectivity index (χ0) is 26.1. The molecule has 0 bridgehead atoms. The molecule has 4 rings (SSSR count). The Morgan fingerprint density at radius 3 is 2.47 bits per heavy atom. The van der Waals surface area contributed by atoms with Crippen LogP contribution in [0.3, 0.4) is 0 Å². The van der Waals surface area contributed by atoms with E-state index in [9.17, 15) is 17.6 Å². The Kier molecular flexibility index (Phi) is 6.77. The average Bonchev–Trinajstić information content (AvgIpc) is 3.49. The molecule has 0 radical (unpaired) electrons. The van der Waals surface area contributed by atoms with Crippen molar-refractivity contribution in [3.05, 3.63) is 90.8 Å². The van der Waals surface area contributed by atoms with Crippen LogP contribution >= 0.6 is 0 Å². The standard InChI is InChI=1S/C27H27FN2O5S/c1-27(2,3)35-26(31)29(4)16-19-14-25(23-10-5-6-11-24(23)28)30(17-19)36(32,33)22-9-7-8-20(15-22)21-12-13-34-18-21/h5-15,17-18H,16H2,1-4H3. The molecule has 0 spiro atoms. The van der Waals surface area contributed by atoms with Gasteiger partial charge in [0.15, 0.2) is 0 Å². The van der Waals surface area contributed by atoms with Gasteiger partial charge in [-0.3, -0.25) is 0 Å². The van der Waals surface area contributed by atoms with Crippen molar-refractivity contribution in [2.24, 2.45) is 0 Å². The number of benzene rings is 2. The summed E-state index contributed by atoms with van der Waals surface area (Å²) in [4.78, 5) is 13.8. The zero-order valence-electron chi connectivity index (χ0n) is 20.4. The minimum atomic E-state index is -4.13. The van der Waals surface area contributed by atoms with Crippen molar-refractivity contribution < 1.29 is 26.8 Å². The Balaban J connectivity index is 1.78. The van der Waals surface area contributed by atoms with Crippen LogP contribution in [-0.4, -0.2) is 36.0 Å². The number of rotatable bonds is 6. The van der Waals surface area contributed by atoms with Gasteiger partial charge in [-0.05, 0) is 68.3 Å². The molecule has 7 nitrogen and oxygen atoms in total. The van der Waals surface area contributed by atoms with E-state index in [1.54, 1.807) is 58.2 Å². The summed E-state index contributed by atoms with van der Waals surface area (Å²) in [7, 11) is -2.57. The van der Waals surface area contributed by atoms with Gasteiger partial charge >= 0.3 is 6.09 Å². The van der Waals surface area contributed by atoms with Crippen molar-refractivity contribution in [3.8, 4) is 22.4 Å². The number of amides is 1. The molecule has 2 aromatic carbocycles. The van der Waals surface area contributed by atoms with Crippen LogP contribution in [-0.2, 0) is 21.3 Å². The molecule has 0 atom stereocenters. The molecule has 0 N–H and O–H groups in total. The molecule has 0 aliphatic carbocycles. The van der Waals surface area contributed by atoms with E-state index in [1.807, 2.05) is 0 Å². The molecular formula is C27H27FN2O5S. The van der Waals surface area contributed by atoms with Crippen molar-refractivity contribution in [2.45, 2.75) is 37.8 Å². The summed E-state index contributed by atoms with van der Waals surface area (Å²) in [6.07, 6.45) is 3.88. The molecule has 2 aromatic heterocycles. The van der Waals surface area contributed by atoms with Gasteiger partial charge < -0.3 is 14.1 Å². The van der Waals surface area contributed by atoms with Gasteiger partial charge in [-0.15, -0.1) is 0 Å². The highest BCUT2D eigenvalue weighted by Gasteiger charge is 2.25. The zero-order valence-corrected chi connectivity index (χ0v) is 21.3. The molecule has 9 heteroatoms. The minimum absolute atomic E-state index is 0.0291. The third-order valence-corrected chi connectivity index (χ3v) is 7.03. The number of carbonyl (C=O) groups is 1. The molecule has 0 aliphatic heterocycles. The van der Waals surface area contributed by atoms with Crippen LogP contribution in [0.25, 0.3) is 22.4 Å². The Labute approximate surface area is 209 Å². The van der Waals surface area contributed by atoms with E-state index in [4.69, 9.17) is 9.15 Å². The highest BCUT2D eigenvalue weighted by molar-refractivity contribution is 7.90. The highest BCUT2D eigenvalue weighted by atomic mass is 32.2. The number of hydrogen-bond acceptors (Lipinski definition) is 5. The van der Waals surface area contributed by atoms with Crippen LogP contribution in [0.1, 0.15) is 26.3 Å². The van der Waals surface area contributed by atoms with Gasteiger partial charge in [0, 0.05) is 24.4 Å². The lowest BCUT2D eigenvalue weighted by atomic mass is 10.1. The predicted octanol–water partition coefficient (Wildman–Crippen LogP) is 6.16. The molecule has 2 heterocycles. The van der Waals surface area contributed by atoms with Crippen LogP contribution in [0.4, 0.5) is 9.18 Å². The lowest BCUT2D eigenvalue weighted by molar-refractivity contribution is 0.0285. The number of carbonyl (C=O) groups excluding carboxylic acids is 1. The van der Waals surface area contributed by atoms with E-state index >= 15 is 0 Å². The largest absolute Gasteiger partial charge is 0.472 e. The summed E-state index contributed by atoms with van der Waals surface area (Å²) in [5, 5.41) is 0. The number of aromatic nitrogens is 1. The summed E-state index contributed by atoms with van der Waals surface area (Å²) in [6, 6.07) is 15.7. The maximum Gasteiger partial charge on any atom is 0.410 e. The molecule has 0 fully saturated rings. The van der Waals surface area contributed by atoms with Crippen LogP contribution in [0.2, 0.25) is 0 Å². The van der Waals surface area contributed by atoms with Gasteiger partial charge in [0.25, 0.3) is 10.0 Å². The van der Waals surface area contributed by atoms with Gasteiger partial charge in [0.05, 0.1) is 29.7 Å². The van der Waals surface area contributed by atoms with E-state index in [-0.39, 0.29) is 22.7 Å². The fraction of sp³-hybridized carbons (Fsp3) is 0.222. The molecule has 0 saturated carbocycles. The maximum atomic E-state index is 14.8. The fourth-order valence-corrected chi connectivity index (χ4v) is 5.14. The highest BCUT2D eigenvalue weighted by Crippen LogP contribution is 2.31. The van der Waals surface area contributed by atoms with Crippen LogP contribution in [0, 0.1) is 5.82 Å². The summed E-state index contributed by atoms with van der Waals surface area (Å²) in [6.45, 7) is 5.34. The van der Waals surface area contributed by atoms with E-state index < -0.39 is 27.5 Å². The molecule has 1 amide bonds. The smallest absolute Gasteiger partial charge is 0.410 e. The van der Waals surface area contributed by atoms with E-state index in [1.165, 1.54) is 54.0 Å². The van der Waals surface area contributed by atoms with Crippen LogP contribution in [0.5, 0.6) is 0 Å². The van der Waals surface area contributed by atoms with Gasteiger partial charge in [0.1, 0.15) is 11.4 Å². The molecule has 4 aromatic rings. The molecule has 0 unspecified atom stereocenters. The van der Waals surface area contributed by atoms with Crippen LogP contribution in [0.15, 0.2) is 88.7 Å². The lowest BCUT2D eigenvalue weighted by Gasteiger charge is -2.24.